The fourth-order valence-corrected chi connectivity index (χ4v) is 1.26. The summed E-state index contributed by atoms with van der Waals surface area (Å²) < 4.78 is 18.4. The smallest absolute Gasteiger partial charge is 0.242 e. The molecule has 1 aromatic rings. The predicted molar refractivity (Wildman–Crippen MR) is 64.7 cm³/mol. The lowest BCUT2D eigenvalue weighted by atomic mass is 10.3. The second-order valence-electron chi connectivity index (χ2n) is 3.77. The van der Waals surface area contributed by atoms with Crippen LogP contribution in [0.2, 0.25) is 0 Å². The summed E-state index contributed by atoms with van der Waals surface area (Å²) in [6.07, 6.45) is 1.25. The summed E-state index contributed by atoms with van der Waals surface area (Å²) in [5.74, 6) is -0.770. The first-order valence-corrected chi connectivity index (χ1v) is 5.56. The minimum atomic E-state index is -0.592. The third-order valence-corrected chi connectivity index (χ3v) is 2.32. The molecule has 0 radical (unpaired) electrons. The highest BCUT2D eigenvalue weighted by Gasteiger charge is 2.15. The summed E-state index contributed by atoms with van der Waals surface area (Å²) in [5, 5.41) is 5.34. The zero-order chi connectivity index (χ0) is 13.5. The Labute approximate surface area is 105 Å². The van der Waals surface area contributed by atoms with Crippen LogP contribution in [0.5, 0.6) is 0 Å². The van der Waals surface area contributed by atoms with Gasteiger partial charge in [-0.3, -0.25) is 4.79 Å². The van der Waals surface area contributed by atoms with Crippen LogP contribution in [0.15, 0.2) is 6.33 Å². The molecule has 6 nitrogen and oxygen atoms in total. The number of hydrogen-bond acceptors (Lipinski definition) is 5. The van der Waals surface area contributed by atoms with Crippen LogP contribution >= 0.6 is 0 Å². The summed E-state index contributed by atoms with van der Waals surface area (Å²) in [6, 6.07) is -0.592. The van der Waals surface area contributed by atoms with Crippen molar-refractivity contribution in [1.82, 2.24) is 15.3 Å². The SMILES string of the molecule is COCCNC(=O)C(C)Nc1ncnc(C)c1F. The van der Waals surface area contributed by atoms with Crippen molar-refractivity contribution in [2.45, 2.75) is 19.9 Å². The number of aromatic nitrogens is 2. The lowest BCUT2D eigenvalue weighted by Gasteiger charge is -2.15. The lowest BCUT2D eigenvalue weighted by Crippen LogP contribution is -2.39. The van der Waals surface area contributed by atoms with Gasteiger partial charge < -0.3 is 15.4 Å². The van der Waals surface area contributed by atoms with E-state index in [1.54, 1.807) is 14.0 Å². The van der Waals surface area contributed by atoms with E-state index in [-0.39, 0.29) is 17.4 Å². The standard InChI is InChI=1S/C11H17FN4O2/c1-7-9(12)10(15-6-14-7)16-8(2)11(17)13-4-5-18-3/h6,8H,4-5H2,1-3H3,(H,13,17)(H,14,15,16). The Bertz CT molecular complexity index is 414. The summed E-state index contributed by atoms with van der Waals surface area (Å²) in [7, 11) is 1.55. The number of rotatable bonds is 6. The van der Waals surface area contributed by atoms with Crippen molar-refractivity contribution in [3.63, 3.8) is 0 Å². The molecule has 0 aliphatic rings. The summed E-state index contributed by atoms with van der Waals surface area (Å²) in [6.45, 7) is 4.00. The molecule has 0 fully saturated rings. The molecule has 0 saturated heterocycles. The minimum Gasteiger partial charge on any atom is -0.383 e. The molecule has 1 heterocycles. The summed E-state index contributed by atoms with van der Waals surface area (Å²) >= 11 is 0. The maximum absolute atomic E-state index is 13.6. The molecule has 1 rings (SSSR count). The van der Waals surface area contributed by atoms with Gasteiger partial charge in [-0.1, -0.05) is 0 Å². The number of carbonyl (C=O) groups is 1. The number of ether oxygens (including phenoxy) is 1. The van der Waals surface area contributed by atoms with Gasteiger partial charge in [0, 0.05) is 13.7 Å². The molecule has 0 bridgehead atoms. The Hall–Kier alpha value is -1.76. The van der Waals surface area contributed by atoms with Crippen LogP contribution in [-0.4, -0.2) is 42.2 Å². The average molecular weight is 256 g/mol. The molecule has 100 valence electrons. The van der Waals surface area contributed by atoms with Gasteiger partial charge in [0.05, 0.1) is 12.3 Å². The highest BCUT2D eigenvalue weighted by molar-refractivity contribution is 5.83. The molecule has 1 atom stereocenters. The maximum atomic E-state index is 13.6. The Morgan fingerprint density at radius 2 is 2.28 bits per heavy atom. The number of amides is 1. The van der Waals surface area contributed by atoms with E-state index in [4.69, 9.17) is 4.74 Å². The van der Waals surface area contributed by atoms with Crippen LogP contribution in [0.1, 0.15) is 12.6 Å². The van der Waals surface area contributed by atoms with Crippen LogP contribution in [-0.2, 0) is 9.53 Å². The topological polar surface area (TPSA) is 76.1 Å². The fraction of sp³-hybridized carbons (Fsp3) is 0.545. The molecule has 7 heteroatoms. The van der Waals surface area contributed by atoms with E-state index in [9.17, 15) is 9.18 Å². The average Bonchev–Trinajstić information content (AvgIpc) is 2.35. The number of nitrogens with zero attached hydrogens (tertiary/aromatic N) is 2. The van der Waals surface area contributed by atoms with Gasteiger partial charge in [-0.2, -0.15) is 0 Å². The Morgan fingerprint density at radius 3 is 2.94 bits per heavy atom. The van der Waals surface area contributed by atoms with Crippen LogP contribution in [0, 0.1) is 12.7 Å². The first-order valence-electron chi connectivity index (χ1n) is 5.56. The fourth-order valence-electron chi connectivity index (χ4n) is 1.26. The van der Waals surface area contributed by atoms with E-state index in [1.807, 2.05) is 0 Å². The molecule has 18 heavy (non-hydrogen) atoms. The third kappa shape index (κ3) is 3.92. The Kier molecular flexibility index (Phi) is 5.44. The van der Waals surface area contributed by atoms with Crippen molar-refractivity contribution in [3.05, 3.63) is 17.8 Å². The van der Waals surface area contributed by atoms with Gasteiger partial charge >= 0.3 is 0 Å². The van der Waals surface area contributed by atoms with E-state index in [0.717, 1.165) is 0 Å². The van der Waals surface area contributed by atoms with Crippen molar-refractivity contribution in [2.24, 2.45) is 0 Å². The molecule has 1 aromatic heterocycles. The Balaban J connectivity index is 2.56. The van der Waals surface area contributed by atoms with Crippen molar-refractivity contribution >= 4 is 11.7 Å². The van der Waals surface area contributed by atoms with Gasteiger partial charge in [0.2, 0.25) is 5.91 Å². The molecule has 1 unspecified atom stereocenters. The Morgan fingerprint density at radius 1 is 1.56 bits per heavy atom. The molecule has 0 saturated carbocycles. The van der Waals surface area contributed by atoms with E-state index in [1.165, 1.54) is 13.3 Å². The lowest BCUT2D eigenvalue weighted by molar-refractivity contribution is -0.121. The van der Waals surface area contributed by atoms with Crippen molar-refractivity contribution in [1.29, 1.82) is 0 Å². The number of halogens is 1. The monoisotopic (exact) mass is 256 g/mol. The van der Waals surface area contributed by atoms with Crippen LogP contribution in [0.25, 0.3) is 0 Å². The van der Waals surface area contributed by atoms with Gasteiger partial charge in [0.25, 0.3) is 0 Å². The molecule has 2 N–H and O–H groups in total. The first-order chi connectivity index (χ1) is 8.56. The second-order valence-corrected chi connectivity index (χ2v) is 3.77. The van der Waals surface area contributed by atoms with Gasteiger partial charge in [-0.25, -0.2) is 14.4 Å². The van der Waals surface area contributed by atoms with E-state index in [2.05, 4.69) is 20.6 Å². The molecule has 0 aliphatic carbocycles. The van der Waals surface area contributed by atoms with Crippen LogP contribution < -0.4 is 10.6 Å². The van der Waals surface area contributed by atoms with Crippen molar-refractivity contribution < 1.29 is 13.9 Å². The molecule has 0 aromatic carbocycles. The van der Waals surface area contributed by atoms with Crippen molar-refractivity contribution in [3.8, 4) is 0 Å². The van der Waals surface area contributed by atoms with Crippen LogP contribution in [0.4, 0.5) is 10.2 Å². The van der Waals surface area contributed by atoms with Gasteiger partial charge in [0.15, 0.2) is 11.6 Å². The van der Waals surface area contributed by atoms with E-state index in [0.29, 0.717) is 13.2 Å². The highest BCUT2D eigenvalue weighted by Crippen LogP contribution is 2.12. The molecule has 0 aliphatic heterocycles. The van der Waals surface area contributed by atoms with Gasteiger partial charge in [-0.05, 0) is 13.8 Å². The summed E-state index contributed by atoms with van der Waals surface area (Å²) in [4.78, 5) is 19.1. The number of carbonyl (C=O) groups excluding carboxylic acids is 1. The maximum Gasteiger partial charge on any atom is 0.242 e. The molecule has 1 amide bonds. The number of anilines is 1. The number of hydrogen-bond donors (Lipinski definition) is 2. The normalized spacial score (nSPS) is 12.0. The number of nitrogens with one attached hydrogen (secondary N) is 2. The molecule has 0 spiro atoms. The van der Waals surface area contributed by atoms with E-state index >= 15 is 0 Å². The zero-order valence-corrected chi connectivity index (χ0v) is 10.7. The molecular formula is C11H17FN4O2. The van der Waals surface area contributed by atoms with E-state index < -0.39 is 11.9 Å². The quantitative estimate of drug-likeness (QED) is 0.724. The van der Waals surface area contributed by atoms with Gasteiger partial charge in [-0.15, -0.1) is 0 Å². The zero-order valence-electron chi connectivity index (χ0n) is 10.7. The van der Waals surface area contributed by atoms with Gasteiger partial charge in [0.1, 0.15) is 12.4 Å². The minimum absolute atomic E-state index is 0.0249. The second kappa shape index (κ2) is 6.85. The highest BCUT2D eigenvalue weighted by atomic mass is 19.1. The van der Waals surface area contributed by atoms with Crippen LogP contribution in [0.3, 0.4) is 0 Å². The predicted octanol–water partition coefficient (Wildman–Crippen LogP) is 0.487. The first kappa shape index (κ1) is 14.3. The number of aryl methyl sites for hydroxylation is 1. The molecular weight excluding hydrogens is 239 g/mol. The third-order valence-electron chi connectivity index (χ3n) is 2.32. The largest absolute Gasteiger partial charge is 0.383 e. The number of methoxy groups -OCH3 is 1. The van der Waals surface area contributed by atoms with Crippen molar-refractivity contribution in [2.75, 3.05) is 25.6 Å². The summed E-state index contributed by atoms with van der Waals surface area (Å²) in [5.41, 5.74) is 0.236.